The summed E-state index contributed by atoms with van der Waals surface area (Å²) in [6, 6.07) is 3.34. The van der Waals surface area contributed by atoms with E-state index in [2.05, 4.69) is 19.6 Å². The van der Waals surface area contributed by atoms with Crippen molar-refractivity contribution in [2.75, 3.05) is 55.5 Å². The van der Waals surface area contributed by atoms with Crippen molar-refractivity contribution in [3.05, 3.63) is 18.3 Å². The molecule has 12 heteroatoms. The maximum atomic E-state index is 15.1. The molecule has 5 heterocycles. The van der Waals surface area contributed by atoms with Crippen molar-refractivity contribution < 1.29 is 27.4 Å². The molecule has 2 aromatic heterocycles. The molecule has 2 aromatic rings. The van der Waals surface area contributed by atoms with Gasteiger partial charge in [-0.25, -0.2) is 14.4 Å². The zero-order valence-electron chi connectivity index (χ0n) is 18.1. The van der Waals surface area contributed by atoms with Gasteiger partial charge in [-0.1, -0.05) is 0 Å². The van der Waals surface area contributed by atoms with Crippen LogP contribution in [0.4, 0.5) is 30.8 Å². The molecule has 3 fully saturated rings. The van der Waals surface area contributed by atoms with Gasteiger partial charge in [0, 0.05) is 44.4 Å². The van der Waals surface area contributed by atoms with Crippen LogP contribution in [-0.4, -0.2) is 79.3 Å². The van der Waals surface area contributed by atoms with Gasteiger partial charge in [0.25, 0.3) is 0 Å². The number of nitrogens with two attached hydrogens (primary N) is 1. The summed E-state index contributed by atoms with van der Waals surface area (Å²) < 4.78 is 55.9. The predicted octanol–water partition coefficient (Wildman–Crippen LogP) is 2.26. The van der Waals surface area contributed by atoms with E-state index in [1.807, 2.05) is 0 Å². The maximum Gasteiger partial charge on any atom is 0.387 e. The van der Waals surface area contributed by atoms with E-state index in [9.17, 15) is 8.78 Å². The molecule has 3 aliphatic heterocycles. The van der Waals surface area contributed by atoms with Crippen molar-refractivity contribution >= 4 is 17.6 Å². The zero-order valence-corrected chi connectivity index (χ0v) is 18.1. The molecule has 0 spiro atoms. The van der Waals surface area contributed by atoms with Crippen LogP contribution in [0.5, 0.6) is 5.75 Å². The van der Waals surface area contributed by atoms with E-state index in [1.54, 1.807) is 11.0 Å². The van der Waals surface area contributed by atoms with Crippen molar-refractivity contribution in [2.45, 2.75) is 37.3 Å². The second kappa shape index (κ2) is 8.49. The van der Waals surface area contributed by atoms with E-state index >= 15 is 4.39 Å². The number of fused-ring (bicyclic) bond motifs is 2. The second-order valence-corrected chi connectivity index (χ2v) is 8.65. The average Bonchev–Trinajstić information content (AvgIpc) is 3.51. The molecule has 5 rings (SSSR count). The number of ether oxygens (including phenoxy) is 3. The third-order valence-electron chi connectivity index (χ3n) is 6.28. The van der Waals surface area contributed by atoms with Crippen LogP contribution >= 0.6 is 0 Å². The minimum atomic E-state index is -3.04. The van der Waals surface area contributed by atoms with E-state index in [1.165, 1.54) is 19.4 Å². The first-order chi connectivity index (χ1) is 15.8. The van der Waals surface area contributed by atoms with Crippen molar-refractivity contribution in [3.8, 4) is 17.0 Å². The Morgan fingerprint density at radius 1 is 1.33 bits per heavy atom. The number of methoxy groups -OCH3 is 1. The number of nitrogen functional groups attached to an aromatic ring is 1. The minimum Gasteiger partial charge on any atom is -0.431 e. The highest BCUT2D eigenvalue weighted by atomic mass is 19.3. The lowest BCUT2D eigenvalue weighted by molar-refractivity contribution is -0.0494. The maximum absolute atomic E-state index is 15.1. The van der Waals surface area contributed by atoms with Gasteiger partial charge in [-0.3, -0.25) is 0 Å². The monoisotopic (exact) mass is 466 g/mol. The highest BCUT2D eigenvalue weighted by Gasteiger charge is 2.42. The standard InChI is InChI=1S/C21H25F3N6O3/c1-31-11-21(24)2-3-29(10-21)20-27-15(12-4-16(33-19(22)23)18(25)26-7-12)6-17(28-20)30-8-14-5-13(30)9-32-14/h4,6-7,13-14,19H,2-3,5,8-11H2,1H3,(H2,25,26). The number of aromatic nitrogens is 3. The molecular formula is C21H25F3N6O3. The van der Waals surface area contributed by atoms with Gasteiger partial charge in [-0.15, -0.1) is 0 Å². The molecule has 2 bridgehead atoms. The van der Waals surface area contributed by atoms with Crippen LogP contribution in [0, 0.1) is 0 Å². The molecule has 0 amide bonds. The highest BCUT2D eigenvalue weighted by molar-refractivity contribution is 5.68. The third-order valence-corrected chi connectivity index (χ3v) is 6.28. The van der Waals surface area contributed by atoms with Gasteiger partial charge in [0.05, 0.1) is 37.6 Å². The Morgan fingerprint density at radius 2 is 2.18 bits per heavy atom. The molecule has 0 aromatic carbocycles. The molecule has 3 unspecified atom stereocenters. The first-order valence-electron chi connectivity index (χ1n) is 10.7. The molecule has 3 aliphatic rings. The summed E-state index contributed by atoms with van der Waals surface area (Å²) in [6.07, 6.45) is 2.79. The normalized spacial score (nSPS) is 26.6. The fourth-order valence-corrected chi connectivity index (χ4v) is 4.71. The highest BCUT2D eigenvalue weighted by Crippen LogP contribution is 2.36. The van der Waals surface area contributed by atoms with Crippen LogP contribution in [0.3, 0.4) is 0 Å². The quantitative estimate of drug-likeness (QED) is 0.659. The van der Waals surface area contributed by atoms with Crippen molar-refractivity contribution in [1.82, 2.24) is 15.0 Å². The average molecular weight is 466 g/mol. The smallest absolute Gasteiger partial charge is 0.387 e. The lowest BCUT2D eigenvalue weighted by atomic mass is 10.1. The summed E-state index contributed by atoms with van der Waals surface area (Å²) in [7, 11) is 1.47. The Labute approximate surface area is 188 Å². The van der Waals surface area contributed by atoms with E-state index in [0.29, 0.717) is 49.1 Å². The fourth-order valence-electron chi connectivity index (χ4n) is 4.71. The molecular weight excluding hydrogens is 441 g/mol. The van der Waals surface area contributed by atoms with E-state index in [4.69, 9.17) is 20.2 Å². The van der Waals surface area contributed by atoms with Crippen molar-refractivity contribution in [1.29, 1.82) is 0 Å². The summed E-state index contributed by atoms with van der Waals surface area (Å²) in [5, 5.41) is 0. The Morgan fingerprint density at radius 3 is 2.88 bits per heavy atom. The summed E-state index contributed by atoms with van der Waals surface area (Å²) in [4.78, 5) is 17.3. The van der Waals surface area contributed by atoms with E-state index in [-0.39, 0.29) is 36.9 Å². The van der Waals surface area contributed by atoms with Gasteiger partial charge in [0.15, 0.2) is 17.2 Å². The first-order valence-corrected chi connectivity index (χ1v) is 10.7. The molecule has 33 heavy (non-hydrogen) atoms. The van der Waals surface area contributed by atoms with Crippen LogP contribution in [0.15, 0.2) is 18.3 Å². The lowest BCUT2D eigenvalue weighted by Gasteiger charge is -2.29. The van der Waals surface area contributed by atoms with Gasteiger partial charge < -0.3 is 29.7 Å². The molecule has 0 aliphatic carbocycles. The minimum absolute atomic E-state index is 0.0144. The van der Waals surface area contributed by atoms with Crippen LogP contribution in [0.1, 0.15) is 12.8 Å². The summed E-state index contributed by atoms with van der Waals surface area (Å²) >= 11 is 0. The fraction of sp³-hybridized carbons (Fsp3) is 0.571. The lowest BCUT2D eigenvalue weighted by Crippen LogP contribution is -2.38. The molecule has 0 radical (unpaired) electrons. The molecule has 178 valence electrons. The number of hydrogen-bond donors (Lipinski definition) is 1. The molecule has 3 saturated heterocycles. The Bertz CT molecular complexity index is 1030. The number of morpholine rings is 1. The van der Waals surface area contributed by atoms with Crippen LogP contribution in [0.2, 0.25) is 0 Å². The largest absolute Gasteiger partial charge is 0.431 e. The SMILES string of the molecule is COCC1(F)CCN(c2nc(-c3cnc(N)c(OC(F)F)c3)cc(N3CC4CC3CO4)n2)C1. The Balaban J connectivity index is 1.52. The number of rotatable bonds is 7. The molecule has 0 saturated carbocycles. The van der Waals surface area contributed by atoms with Gasteiger partial charge in [-0.05, 0) is 12.5 Å². The number of anilines is 3. The van der Waals surface area contributed by atoms with Crippen LogP contribution < -0.4 is 20.3 Å². The van der Waals surface area contributed by atoms with E-state index in [0.717, 1.165) is 6.42 Å². The Kier molecular flexibility index (Phi) is 5.65. The van der Waals surface area contributed by atoms with E-state index < -0.39 is 12.3 Å². The number of hydrogen-bond acceptors (Lipinski definition) is 9. The van der Waals surface area contributed by atoms with Crippen molar-refractivity contribution in [2.24, 2.45) is 0 Å². The molecule has 3 atom stereocenters. The molecule has 2 N–H and O–H groups in total. The number of pyridine rings is 1. The number of nitrogens with zero attached hydrogens (tertiary/aromatic N) is 5. The van der Waals surface area contributed by atoms with Crippen LogP contribution in [-0.2, 0) is 9.47 Å². The number of halogens is 3. The van der Waals surface area contributed by atoms with Gasteiger partial charge in [-0.2, -0.15) is 13.8 Å². The second-order valence-electron chi connectivity index (χ2n) is 8.65. The third kappa shape index (κ3) is 4.36. The Hall–Kier alpha value is -2.86. The van der Waals surface area contributed by atoms with Gasteiger partial charge in [0.1, 0.15) is 5.82 Å². The number of alkyl halides is 3. The topological polar surface area (TPSA) is 98.9 Å². The first kappa shape index (κ1) is 22.0. The zero-order chi connectivity index (χ0) is 23.2. The van der Waals surface area contributed by atoms with Gasteiger partial charge >= 0.3 is 6.61 Å². The van der Waals surface area contributed by atoms with Crippen molar-refractivity contribution in [3.63, 3.8) is 0 Å². The summed E-state index contributed by atoms with van der Waals surface area (Å²) in [6.45, 7) is -1.23. The summed E-state index contributed by atoms with van der Waals surface area (Å²) in [5.74, 6) is 0.641. The van der Waals surface area contributed by atoms with Crippen LogP contribution in [0.25, 0.3) is 11.3 Å². The molecule has 9 nitrogen and oxygen atoms in total. The summed E-state index contributed by atoms with van der Waals surface area (Å²) in [5.41, 5.74) is 5.09. The van der Waals surface area contributed by atoms with Gasteiger partial charge in [0.2, 0.25) is 5.95 Å². The predicted molar refractivity (Wildman–Crippen MR) is 114 cm³/mol.